The van der Waals surface area contributed by atoms with Crippen LogP contribution in [0, 0.1) is 0 Å². The van der Waals surface area contributed by atoms with Crippen LogP contribution in [0.1, 0.15) is 39.3 Å². The van der Waals surface area contributed by atoms with Crippen molar-refractivity contribution < 1.29 is 14.2 Å². The highest BCUT2D eigenvalue weighted by Crippen LogP contribution is 2.29. The second kappa shape index (κ2) is 7.50. The van der Waals surface area contributed by atoms with Gasteiger partial charge in [-0.05, 0) is 40.8 Å². The maximum atomic E-state index is 5.85. The van der Waals surface area contributed by atoms with Crippen LogP contribution in [0.5, 0.6) is 11.5 Å². The largest absolute Gasteiger partial charge is 0.497 e. The van der Waals surface area contributed by atoms with Crippen molar-refractivity contribution in [1.82, 2.24) is 5.32 Å². The predicted octanol–water partition coefficient (Wildman–Crippen LogP) is 3.17. The van der Waals surface area contributed by atoms with E-state index in [-0.39, 0.29) is 11.6 Å². The summed E-state index contributed by atoms with van der Waals surface area (Å²) in [5.74, 6) is 1.63. The number of methoxy groups -OCH3 is 1. The van der Waals surface area contributed by atoms with E-state index < -0.39 is 0 Å². The van der Waals surface area contributed by atoms with Gasteiger partial charge in [0.2, 0.25) is 0 Å². The van der Waals surface area contributed by atoms with E-state index in [0.717, 1.165) is 17.1 Å². The predicted molar refractivity (Wildman–Crippen MR) is 81.7 cm³/mol. The van der Waals surface area contributed by atoms with Gasteiger partial charge in [-0.3, -0.25) is 0 Å². The number of nitrogens with one attached hydrogen (secondary N) is 1. The quantitative estimate of drug-likeness (QED) is 0.779. The normalized spacial score (nSPS) is 13.1. The monoisotopic (exact) mass is 281 g/mol. The third-order valence-electron chi connectivity index (χ3n) is 3.00. The van der Waals surface area contributed by atoms with E-state index in [2.05, 4.69) is 12.2 Å². The minimum Gasteiger partial charge on any atom is -0.497 e. The van der Waals surface area contributed by atoms with Crippen molar-refractivity contribution >= 4 is 0 Å². The zero-order valence-corrected chi connectivity index (χ0v) is 13.4. The SMILES string of the molecule is CNC(C)c1ccc(OC)cc1OCCOC(C)(C)C. The van der Waals surface area contributed by atoms with Crippen LogP contribution in [-0.4, -0.2) is 33.0 Å². The fraction of sp³-hybridized carbons (Fsp3) is 0.625. The Morgan fingerprint density at radius 3 is 2.45 bits per heavy atom. The lowest BCUT2D eigenvalue weighted by atomic mass is 10.1. The van der Waals surface area contributed by atoms with Gasteiger partial charge in [-0.15, -0.1) is 0 Å². The molecule has 20 heavy (non-hydrogen) atoms. The highest BCUT2D eigenvalue weighted by molar-refractivity contribution is 5.42. The van der Waals surface area contributed by atoms with Crippen molar-refractivity contribution in [2.45, 2.75) is 39.3 Å². The molecule has 0 bridgehead atoms. The van der Waals surface area contributed by atoms with Crippen molar-refractivity contribution in [3.05, 3.63) is 23.8 Å². The Labute approximate surface area is 122 Å². The third-order valence-corrected chi connectivity index (χ3v) is 3.00. The van der Waals surface area contributed by atoms with E-state index in [1.165, 1.54) is 0 Å². The van der Waals surface area contributed by atoms with Gasteiger partial charge in [0.1, 0.15) is 18.1 Å². The minimum absolute atomic E-state index is 0.140. The molecular weight excluding hydrogens is 254 g/mol. The van der Waals surface area contributed by atoms with Gasteiger partial charge in [-0.2, -0.15) is 0 Å². The van der Waals surface area contributed by atoms with Crippen molar-refractivity contribution in [3.8, 4) is 11.5 Å². The van der Waals surface area contributed by atoms with Gasteiger partial charge < -0.3 is 19.5 Å². The van der Waals surface area contributed by atoms with Gasteiger partial charge in [-0.25, -0.2) is 0 Å². The molecule has 0 aromatic heterocycles. The lowest BCUT2D eigenvalue weighted by Crippen LogP contribution is -2.23. The molecule has 0 radical (unpaired) electrons. The number of rotatable bonds is 7. The average Bonchev–Trinajstić information content (AvgIpc) is 2.41. The molecule has 1 N–H and O–H groups in total. The van der Waals surface area contributed by atoms with Crippen LogP contribution in [0.25, 0.3) is 0 Å². The second-order valence-corrected chi connectivity index (χ2v) is 5.72. The van der Waals surface area contributed by atoms with Gasteiger partial charge >= 0.3 is 0 Å². The molecule has 0 aliphatic carbocycles. The van der Waals surface area contributed by atoms with Crippen LogP contribution in [0.2, 0.25) is 0 Å². The van der Waals surface area contributed by atoms with Gasteiger partial charge in [0.15, 0.2) is 0 Å². The molecule has 0 amide bonds. The van der Waals surface area contributed by atoms with E-state index in [1.807, 2.05) is 46.0 Å². The zero-order chi connectivity index (χ0) is 15.2. The van der Waals surface area contributed by atoms with Crippen LogP contribution in [0.4, 0.5) is 0 Å². The molecule has 0 saturated carbocycles. The molecule has 1 atom stereocenters. The molecule has 0 spiro atoms. The zero-order valence-electron chi connectivity index (χ0n) is 13.4. The molecule has 0 fully saturated rings. The molecule has 0 saturated heterocycles. The van der Waals surface area contributed by atoms with Crippen molar-refractivity contribution in [2.75, 3.05) is 27.4 Å². The van der Waals surface area contributed by atoms with Crippen molar-refractivity contribution in [1.29, 1.82) is 0 Å². The summed E-state index contributed by atoms with van der Waals surface area (Å²) in [7, 11) is 3.59. The summed E-state index contributed by atoms with van der Waals surface area (Å²) < 4.78 is 16.8. The van der Waals surface area contributed by atoms with E-state index in [1.54, 1.807) is 7.11 Å². The van der Waals surface area contributed by atoms with Crippen LogP contribution in [-0.2, 0) is 4.74 Å². The third kappa shape index (κ3) is 5.39. The average molecular weight is 281 g/mol. The number of hydrogen-bond donors (Lipinski definition) is 1. The first kappa shape index (κ1) is 16.8. The summed E-state index contributed by atoms with van der Waals surface area (Å²) in [4.78, 5) is 0. The van der Waals surface area contributed by atoms with Gasteiger partial charge in [0.05, 0.1) is 19.3 Å². The number of benzene rings is 1. The van der Waals surface area contributed by atoms with E-state index in [9.17, 15) is 0 Å². The maximum Gasteiger partial charge on any atom is 0.127 e. The number of ether oxygens (including phenoxy) is 3. The van der Waals surface area contributed by atoms with Crippen LogP contribution in [0.3, 0.4) is 0 Å². The molecule has 4 nitrogen and oxygen atoms in total. The summed E-state index contributed by atoms with van der Waals surface area (Å²) >= 11 is 0. The molecule has 0 heterocycles. The molecule has 1 unspecified atom stereocenters. The second-order valence-electron chi connectivity index (χ2n) is 5.72. The van der Waals surface area contributed by atoms with Crippen LogP contribution >= 0.6 is 0 Å². The molecule has 4 heteroatoms. The lowest BCUT2D eigenvalue weighted by molar-refractivity contribution is -0.0164. The van der Waals surface area contributed by atoms with E-state index >= 15 is 0 Å². The van der Waals surface area contributed by atoms with Crippen molar-refractivity contribution in [2.24, 2.45) is 0 Å². The first-order chi connectivity index (χ1) is 9.37. The molecule has 1 rings (SSSR count). The molecule has 1 aromatic rings. The first-order valence-electron chi connectivity index (χ1n) is 6.99. The highest BCUT2D eigenvalue weighted by Gasteiger charge is 2.13. The summed E-state index contributed by atoms with van der Waals surface area (Å²) in [6, 6.07) is 6.11. The van der Waals surface area contributed by atoms with Crippen LogP contribution in [0.15, 0.2) is 18.2 Å². The Morgan fingerprint density at radius 1 is 1.20 bits per heavy atom. The van der Waals surface area contributed by atoms with Gasteiger partial charge in [0.25, 0.3) is 0 Å². The minimum atomic E-state index is -0.140. The topological polar surface area (TPSA) is 39.7 Å². The first-order valence-corrected chi connectivity index (χ1v) is 6.99. The molecule has 114 valence electrons. The van der Waals surface area contributed by atoms with Crippen LogP contribution < -0.4 is 14.8 Å². The highest BCUT2D eigenvalue weighted by atomic mass is 16.5. The molecule has 0 aliphatic heterocycles. The summed E-state index contributed by atoms with van der Waals surface area (Å²) in [6.07, 6.45) is 0. The summed E-state index contributed by atoms with van der Waals surface area (Å²) in [5, 5.41) is 3.22. The van der Waals surface area contributed by atoms with Gasteiger partial charge in [0, 0.05) is 17.7 Å². The standard InChI is InChI=1S/C16H27NO3/c1-12(17-5)14-8-7-13(18-6)11-15(14)19-9-10-20-16(2,3)4/h7-8,11-12,17H,9-10H2,1-6H3. The smallest absolute Gasteiger partial charge is 0.127 e. The Hall–Kier alpha value is -1.26. The number of hydrogen-bond acceptors (Lipinski definition) is 4. The fourth-order valence-corrected chi connectivity index (χ4v) is 1.78. The molecule has 1 aromatic carbocycles. The Balaban J connectivity index is 2.70. The Kier molecular flexibility index (Phi) is 6.30. The molecular formula is C16H27NO3. The van der Waals surface area contributed by atoms with E-state index in [0.29, 0.717) is 13.2 Å². The summed E-state index contributed by atoms with van der Waals surface area (Å²) in [6.45, 7) is 9.29. The molecule has 0 aliphatic rings. The summed E-state index contributed by atoms with van der Waals surface area (Å²) in [5.41, 5.74) is 0.975. The Morgan fingerprint density at radius 2 is 1.90 bits per heavy atom. The lowest BCUT2D eigenvalue weighted by Gasteiger charge is -2.21. The fourth-order valence-electron chi connectivity index (χ4n) is 1.78. The van der Waals surface area contributed by atoms with Gasteiger partial charge in [-0.1, -0.05) is 6.07 Å². The maximum absolute atomic E-state index is 5.85. The van der Waals surface area contributed by atoms with Crippen molar-refractivity contribution in [3.63, 3.8) is 0 Å². The van der Waals surface area contributed by atoms with E-state index in [4.69, 9.17) is 14.2 Å². The Bertz CT molecular complexity index is 413.